The molecular formula is C21H20ClN3O3. The highest BCUT2D eigenvalue weighted by Crippen LogP contribution is 2.35. The molecule has 0 radical (unpaired) electrons. The van der Waals surface area contributed by atoms with Gasteiger partial charge in [-0.1, -0.05) is 23.7 Å². The Balaban J connectivity index is 1.70. The molecule has 2 atom stereocenters. The molecule has 0 aromatic heterocycles. The van der Waals surface area contributed by atoms with Crippen LogP contribution in [-0.4, -0.2) is 25.5 Å². The van der Waals surface area contributed by atoms with E-state index in [9.17, 15) is 9.59 Å². The van der Waals surface area contributed by atoms with Gasteiger partial charge in [-0.3, -0.25) is 9.59 Å². The first kappa shape index (κ1) is 19.7. The lowest BCUT2D eigenvalue weighted by molar-refractivity contribution is -0.126. The van der Waals surface area contributed by atoms with E-state index in [1.165, 1.54) is 7.11 Å². The van der Waals surface area contributed by atoms with Crippen molar-refractivity contribution in [1.29, 1.82) is 5.26 Å². The Morgan fingerprint density at radius 2 is 2.04 bits per heavy atom. The van der Waals surface area contributed by atoms with Crippen LogP contribution >= 0.6 is 11.6 Å². The van der Waals surface area contributed by atoms with Crippen molar-refractivity contribution in [2.24, 2.45) is 5.92 Å². The summed E-state index contributed by atoms with van der Waals surface area (Å²) in [5.74, 6) is -0.262. The molecule has 2 unspecified atom stereocenters. The van der Waals surface area contributed by atoms with Gasteiger partial charge in [0.05, 0.1) is 36.4 Å². The molecule has 1 fully saturated rings. The maximum atomic E-state index is 12.7. The summed E-state index contributed by atoms with van der Waals surface area (Å²) in [6, 6.07) is 13.9. The SMILES string of the molecule is COc1ccc(Cl)cc1N1CC(C(=O)NC(C)c2ccc(C#N)cc2)CC1=O. The van der Waals surface area contributed by atoms with Gasteiger partial charge in [0.1, 0.15) is 5.75 Å². The van der Waals surface area contributed by atoms with E-state index in [4.69, 9.17) is 21.6 Å². The fourth-order valence-corrected chi connectivity index (χ4v) is 3.42. The zero-order valence-electron chi connectivity index (χ0n) is 15.6. The van der Waals surface area contributed by atoms with Gasteiger partial charge in [0.25, 0.3) is 0 Å². The van der Waals surface area contributed by atoms with Crippen LogP contribution in [0.15, 0.2) is 42.5 Å². The lowest BCUT2D eigenvalue weighted by Gasteiger charge is -2.20. The third-order valence-electron chi connectivity index (χ3n) is 4.83. The van der Waals surface area contributed by atoms with E-state index in [2.05, 4.69) is 11.4 Å². The summed E-state index contributed by atoms with van der Waals surface area (Å²) in [5.41, 5.74) is 2.02. The van der Waals surface area contributed by atoms with E-state index in [-0.39, 0.29) is 30.8 Å². The maximum Gasteiger partial charge on any atom is 0.227 e. The second-order valence-corrected chi connectivity index (χ2v) is 7.12. The molecule has 7 heteroatoms. The maximum absolute atomic E-state index is 12.7. The number of hydrogen-bond donors (Lipinski definition) is 1. The molecule has 1 N–H and O–H groups in total. The predicted octanol–water partition coefficient (Wildman–Crippen LogP) is 3.45. The van der Waals surface area contributed by atoms with Gasteiger partial charge in [0, 0.05) is 18.0 Å². The number of nitriles is 1. The van der Waals surface area contributed by atoms with Crippen LogP contribution in [0, 0.1) is 17.2 Å². The van der Waals surface area contributed by atoms with Crippen molar-refractivity contribution >= 4 is 29.1 Å². The van der Waals surface area contributed by atoms with Gasteiger partial charge >= 0.3 is 0 Å². The summed E-state index contributed by atoms with van der Waals surface area (Å²) in [4.78, 5) is 26.8. The Bertz CT molecular complexity index is 937. The number of carbonyl (C=O) groups excluding carboxylic acids is 2. The highest BCUT2D eigenvalue weighted by molar-refractivity contribution is 6.31. The van der Waals surface area contributed by atoms with Gasteiger partial charge in [0.15, 0.2) is 0 Å². The molecule has 2 aromatic carbocycles. The molecular weight excluding hydrogens is 378 g/mol. The van der Waals surface area contributed by atoms with E-state index >= 15 is 0 Å². The highest BCUT2D eigenvalue weighted by Gasteiger charge is 2.36. The second kappa shape index (κ2) is 8.32. The van der Waals surface area contributed by atoms with Gasteiger partial charge in [-0.05, 0) is 42.8 Å². The summed E-state index contributed by atoms with van der Waals surface area (Å²) in [6.45, 7) is 2.13. The molecule has 144 valence electrons. The third kappa shape index (κ3) is 4.10. The Morgan fingerprint density at radius 3 is 2.68 bits per heavy atom. The fraction of sp³-hybridized carbons (Fsp3) is 0.286. The van der Waals surface area contributed by atoms with Crippen molar-refractivity contribution in [2.45, 2.75) is 19.4 Å². The summed E-state index contributed by atoms with van der Waals surface area (Å²) >= 11 is 6.06. The van der Waals surface area contributed by atoms with Crippen molar-refractivity contribution in [3.05, 3.63) is 58.6 Å². The number of nitrogens with zero attached hydrogens (tertiary/aromatic N) is 2. The molecule has 0 spiro atoms. The van der Waals surface area contributed by atoms with Crippen molar-refractivity contribution in [2.75, 3.05) is 18.6 Å². The smallest absolute Gasteiger partial charge is 0.227 e. The second-order valence-electron chi connectivity index (χ2n) is 6.69. The average Bonchev–Trinajstić information content (AvgIpc) is 3.09. The number of rotatable bonds is 5. The number of ether oxygens (including phenoxy) is 1. The number of hydrogen-bond acceptors (Lipinski definition) is 4. The van der Waals surface area contributed by atoms with Gasteiger partial charge < -0.3 is 15.0 Å². The number of carbonyl (C=O) groups is 2. The minimum atomic E-state index is -0.461. The monoisotopic (exact) mass is 397 g/mol. The topological polar surface area (TPSA) is 82.4 Å². The number of methoxy groups -OCH3 is 1. The van der Waals surface area contributed by atoms with E-state index in [1.54, 1.807) is 35.2 Å². The fourth-order valence-electron chi connectivity index (χ4n) is 3.25. The van der Waals surface area contributed by atoms with Crippen LogP contribution in [0.2, 0.25) is 5.02 Å². The number of anilines is 1. The van der Waals surface area contributed by atoms with Crippen LogP contribution in [-0.2, 0) is 9.59 Å². The zero-order valence-corrected chi connectivity index (χ0v) is 16.4. The molecule has 1 aliphatic rings. The van der Waals surface area contributed by atoms with Gasteiger partial charge in [0.2, 0.25) is 11.8 Å². The molecule has 0 saturated carbocycles. The molecule has 2 amide bonds. The summed E-state index contributed by atoms with van der Waals surface area (Å²) in [6.07, 6.45) is 0.127. The van der Waals surface area contributed by atoms with Crippen molar-refractivity contribution in [1.82, 2.24) is 5.32 Å². The van der Waals surface area contributed by atoms with E-state index in [0.29, 0.717) is 22.0 Å². The average molecular weight is 398 g/mol. The van der Waals surface area contributed by atoms with Crippen LogP contribution in [0.4, 0.5) is 5.69 Å². The summed E-state index contributed by atoms with van der Waals surface area (Å²) in [7, 11) is 1.52. The number of benzene rings is 2. The molecule has 1 heterocycles. The van der Waals surface area contributed by atoms with Crippen LogP contribution in [0.3, 0.4) is 0 Å². The number of halogens is 1. The third-order valence-corrected chi connectivity index (χ3v) is 5.06. The van der Waals surface area contributed by atoms with Crippen molar-refractivity contribution in [3.8, 4) is 11.8 Å². The zero-order chi connectivity index (χ0) is 20.3. The van der Waals surface area contributed by atoms with Crippen molar-refractivity contribution < 1.29 is 14.3 Å². The van der Waals surface area contributed by atoms with E-state index in [0.717, 1.165) is 5.56 Å². The minimum absolute atomic E-state index is 0.127. The lowest BCUT2D eigenvalue weighted by atomic mass is 10.0. The molecule has 28 heavy (non-hydrogen) atoms. The summed E-state index contributed by atoms with van der Waals surface area (Å²) < 4.78 is 5.32. The minimum Gasteiger partial charge on any atom is -0.495 e. The number of amides is 2. The highest BCUT2D eigenvalue weighted by atomic mass is 35.5. The van der Waals surface area contributed by atoms with Crippen LogP contribution < -0.4 is 15.0 Å². The standard InChI is InChI=1S/C21H20ClN3O3/c1-13(15-5-3-14(11-23)4-6-15)24-21(27)16-9-20(26)25(12-16)18-10-17(22)7-8-19(18)28-2/h3-8,10,13,16H,9,12H2,1-2H3,(H,24,27). The molecule has 1 aliphatic heterocycles. The van der Waals surface area contributed by atoms with Gasteiger partial charge in [-0.15, -0.1) is 0 Å². The first-order chi connectivity index (χ1) is 13.4. The molecule has 1 saturated heterocycles. The Hall–Kier alpha value is -3.04. The molecule has 6 nitrogen and oxygen atoms in total. The largest absolute Gasteiger partial charge is 0.495 e. The van der Waals surface area contributed by atoms with Gasteiger partial charge in [-0.2, -0.15) is 5.26 Å². The first-order valence-electron chi connectivity index (χ1n) is 8.87. The molecule has 0 aliphatic carbocycles. The van der Waals surface area contributed by atoms with Crippen LogP contribution in [0.25, 0.3) is 0 Å². The van der Waals surface area contributed by atoms with Crippen LogP contribution in [0.1, 0.15) is 30.5 Å². The summed E-state index contributed by atoms with van der Waals surface area (Å²) in [5, 5.41) is 12.3. The van der Waals surface area contributed by atoms with Crippen molar-refractivity contribution in [3.63, 3.8) is 0 Å². The first-order valence-corrected chi connectivity index (χ1v) is 9.25. The lowest BCUT2D eigenvalue weighted by Crippen LogP contribution is -2.34. The molecule has 0 bridgehead atoms. The Morgan fingerprint density at radius 1 is 1.32 bits per heavy atom. The number of nitrogens with one attached hydrogen (secondary N) is 1. The quantitative estimate of drug-likeness (QED) is 0.837. The Kier molecular flexibility index (Phi) is 5.86. The van der Waals surface area contributed by atoms with E-state index < -0.39 is 5.92 Å². The molecule has 2 aromatic rings. The van der Waals surface area contributed by atoms with Gasteiger partial charge in [-0.25, -0.2) is 0 Å². The van der Waals surface area contributed by atoms with Crippen LogP contribution in [0.5, 0.6) is 5.75 Å². The Labute approximate surface area is 168 Å². The van der Waals surface area contributed by atoms with E-state index in [1.807, 2.05) is 19.1 Å². The molecule has 3 rings (SSSR count). The normalized spacial score (nSPS) is 17.1. The predicted molar refractivity (Wildman–Crippen MR) is 106 cm³/mol.